The molecule has 1 amide bonds. The predicted molar refractivity (Wildman–Crippen MR) is 123 cm³/mol. The zero-order valence-electron chi connectivity index (χ0n) is 19.5. The summed E-state index contributed by atoms with van der Waals surface area (Å²) in [4.78, 5) is 17.6. The van der Waals surface area contributed by atoms with E-state index in [4.69, 9.17) is 4.74 Å². The van der Waals surface area contributed by atoms with Gasteiger partial charge in [0.25, 0.3) is 0 Å². The van der Waals surface area contributed by atoms with Gasteiger partial charge in [0.1, 0.15) is 5.69 Å². The van der Waals surface area contributed by atoms with Gasteiger partial charge in [0.15, 0.2) is 0 Å². The number of nitrogens with zero attached hydrogens (tertiary/aromatic N) is 5. The molecule has 0 radical (unpaired) electrons. The van der Waals surface area contributed by atoms with Crippen LogP contribution in [0.4, 0.5) is 0 Å². The van der Waals surface area contributed by atoms with E-state index in [1.807, 2.05) is 9.58 Å². The lowest BCUT2D eigenvalue weighted by molar-refractivity contribution is -0.148. The van der Waals surface area contributed by atoms with Gasteiger partial charge in [-0.05, 0) is 36.3 Å². The van der Waals surface area contributed by atoms with E-state index in [0.717, 1.165) is 56.8 Å². The van der Waals surface area contributed by atoms with Gasteiger partial charge in [-0.1, -0.05) is 50.3 Å². The first-order valence-electron chi connectivity index (χ1n) is 12.0. The smallest absolute Gasteiger partial charge is 0.227 e. The third kappa shape index (κ3) is 4.33. The standard InChI is InChI=1S/C25H35N5O2/c1-25(2,3)20-6-4-18(5-7-20)23-17-30(27-26-23)15-21-14-19-8-9-29(21)16-22(19)24(31)28-10-12-32-13-11-28/h4-7,17,19,21-22H,8-16H2,1-3H3/t19?,21-,22+/m1/s1. The Hall–Kier alpha value is -2.25. The van der Waals surface area contributed by atoms with Crippen molar-refractivity contribution >= 4 is 5.91 Å². The molecule has 0 N–H and O–H groups in total. The minimum absolute atomic E-state index is 0.144. The number of hydrogen-bond donors (Lipinski definition) is 0. The second-order valence-electron chi connectivity index (χ2n) is 10.6. The van der Waals surface area contributed by atoms with Crippen LogP contribution in [-0.4, -0.2) is 76.1 Å². The molecular formula is C25H35N5O2. The van der Waals surface area contributed by atoms with Crippen LogP contribution in [0.2, 0.25) is 0 Å². The summed E-state index contributed by atoms with van der Waals surface area (Å²) in [6, 6.07) is 9.09. The van der Waals surface area contributed by atoms with Gasteiger partial charge in [0, 0.05) is 31.2 Å². The molecule has 7 nitrogen and oxygen atoms in total. The fraction of sp³-hybridized carbons (Fsp3) is 0.640. The first-order chi connectivity index (χ1) is 15.4. The molecule has 1 aromatic carbocycles. The molecule has 4 aliphatic heterocycles. The molecule has 0 aliphatic carbocycles. The van der Waals surface area contributed by atoms with E-state index in [-0.39, 0.29) is 11.3 Å². The normalized spacial score (nSPS) is 28.2. The maximum atomic E-state index is 13.1. The number of piperidine rings is 3. The van der Waals surface area contributed by atoms with E-state index in [2.05, 4.69) is 66.4 Å². The SMILES string of the molecule is CC(C)(C)c1ccc(-c2cn(C[C@H]3CC4CCN3C[C@@H]4C(=O)N3CCOCC3)nn2)cc1. The van der Waals surface area contributed by atoms with Crippen LogP contribution in [0.5, 0.6) is 0 Å². The predicted octanol–water partition coefficient (Wildman–Crippen LogP) is 2.81. The Morgan fingerprint density at radius 2 is 1.88 bits per heavy atom. The summed E-state index contributed by atoms with van der Waals surface area (Å²) in [5, 5.41) is 8.85. The van der Waals surface area contributed by atoms with E-state index in [1.165, 1.54) is 5.56 Å². The lowest BCUT2D eigenvalue weighted by atomic mass is 9.75. The lowest BCUT2D eigenvalue weighted by Crippen LogP contribution is -2.59. The minimum Gasteiger partial charge on any atom is -0.378 e. The molecule has 172 valence electrons. The average molecular weight is 438 g/mol. The molecule has 6 rings (SSSR count). The first kappa shape index (κ1) is 21.6. The average Bonchev–Trinajstić information content (AvgIpc) is 3.27. The van der Waals surface area contributed by atoms with Gasteiger partial charge in [0.05, 0.1) is 31.9 Å². The Morgan fingerprint density at radius 1 is 1.12 bits per heavy atom. The summed E-state index contributed by atoms with van der Waals surface area (Å²) in [5.74, 6) is 0.960. The molecule has 7 heteroatoms. The van der Waals surface area contributed by atoms with Crippen molar-refractivity contribution in [3.05, 3.63) is 36.0 Å². The van der Waals surface area contributed by atoms with E-state index < -0.39 is 0 Å². The number of carbonyl (C=O) groups is 1. The van der Waals surface area contributed by atoms with Crippen molar-refractivity contribution in [2.24, 2.45) is 11.8 Å². The van der Waals surface area contributed by atoms with Gasteiger partial charge in [0.2, 0.25) is 5.91 Å². The van der Waals surface area contributed by atoms with Crippen molar-refractivity contribution in [2.45, 2.75) is 51.6 Å². The van der Waals surface area contributed by atoms with Crippen molar-refractivity contribution in [3.63, 3.8) is 0 Å². The van der Waals surface area contributed by atoms with Crippen molar-refractivity contribution < 1.29 is 9.53 Å². The minimum atomic E-state index is 0.144. The van der Waals surface area contributed by atoms with Crippen LogP contribution in [0, 0.1) is 11.8 Å². The number of rotatable bonds is 4. The molecule has 32 heavy (non-hydrogen) atoms. The zero-order valence-corrected chi connectivity index (χ0v) is 19.5. The monoisotopic (exact) mass is 437 g/mol. The quantitative estimate of drug-likeness (QED) is 0.736. The van der Waals surface area contributed by atoms with E-state index in [1.54, 1.807) is 0 Å². The summed E-state index contributed by atoms with van der Waals surface area (Å²) in [6.45, 7) is 12.3. The summed E-state index contributed by atoms with van der Waals surface area (Å²) in [5.41, 5.74) is 3.49. The van der Waals surface area contributed by atoms with Crippen LogP contribution < -0.4 is 0 Å². The highest BCUT2D eigenvalue weighted by Crippen LogP contribution is 2.38. The third-order valence-electron chi connectivity index (χ3n) is 7.50. The topological polar surface area (TPSA) is 63.5 Å². The van der Waals surface area contributed by atoms with Gasteiger partial charge in [-0.25, -0.2) is 0 Å². The fourth-order valence-corrected chi connectivity index (χ4v) is 5.50. The van der Waals surface area contributed by atoms with E-state index in [0.29, 0.717) is 31.1 Å². The zero-order chi connectivity index (χ0) is 22.3. The molecule has 5 heterocycles. The largest absolute Gasteiger partial charge is 0.378 e. The third-order valence-corrected chi connectivity index (χ3v) is 7.50. The molecule has 2 bridgehead atoms. The van der Waals surface area contributed by atoms with Crippen LogP contribution in [0.1, 0.15) is 39.2 Å². The number of morpholine rings is 1. The summed E-state index contributed by atoms with van der Waals surface area (Å²) < 4.78 is 7.40. The molecule has 4 saturated heterocycles. The van der Waals surface area contributed by atoms with Crippen LogP contribution in [-0.2, 0) is 21.5 Å². The van der Waals surface area contributed by atoms with Gasteiger partial charge < -0.3 is 9.64 Å². The molecule has 0 saturated carbocycles. The van der Waals surface area contributed by atoms with Crippen molar-refractivity contribution in [3.8, 4) is 11.3 Å². The lowest BCUT2D eigenvalue weighted by Gasteiger charge is -2.50. The second kappa shape index (κ2) is 8.60. The van der Waals surface area contributed by atoms with Gasteiger partial charge in [-0.2, -0.15) is 0 Å². The molecule has 2 unspecified atom stereocenters. The molecule has 4 fully saturated rings. The first-order valence-corrected chi connectivity index (χ1v) is 12.0. The van der Waals surface area contributed by atoms with Crippen LogP contribution in [0.3, 0.4) is 0 Å². The maximum Gasteiger partial charge on any atom is 0.227 e. The Balaban J connectivity index is 1.22. The summed E-state index contributed by atoms with van der Waals surface area (Å²) in [7, 11) is 0. The second-order valence-corrected chi connectivity index (χ2v) is 10.6. The molecular weight excluding hydrogens is 402 g/mol. The number of carbonyl (C=O) groups excluding carboxylic acids is 1. The summed E-state index contributed by atoms with van der Waals surface area (Å²) in [6.07, 6.45) is 4.25. The number of benzene rings is 1. The highest BCUT2D eigenvalue weighted by atomic mass is 16.5. The highest BCUT2D eigenvalue weighted by molar-refractivity contribution is 5.79. The summed E-state index contributed by atoms with van der Waals surface area (Å²) >= 11 is 0. The number of fused-ring (bicyclic) bond motifs is 3. The molecule has 0 spiro atoms. The van der Waals surface area contributed by atoms with E-state index in [9.17, 15) is 4.79 Å². The Bertz CT molecular complexity index is 942. The maximum absolute atomic E-state index is 13.1. The Labute approximate surface area is 190 Å². The Kier molecular flexibility index (Phi) is 5.80. The Morgan fingerprint density at radius 3 is 2.53 bits per heavy atom. The van der Waals surface area contributed by atoms with Gasteiger partial charge in [-0.15, -0.1) is 5.10 Å². The fourth-order valence-electron chi connectivity index (χ4n) is 5.50. The number of aromatic nitrogens is 3. The van der Waals surface area contributed by atoms with Crippen molar-refractivity contribution in [1.82, 2.24) is 24.8 Å². The van der Waals surface area contributed by atoms with Crippen LogP contribution in [0.15, 0.2) is 30.5 Å². The number of hydrogen-bond acceptors (Lipinski definition) is 5. The van der Waals surface area contributed by atoms with Gasteiger partial charge >= 0.3 is 0 Å². The molecule has 1 aromatic heterocycles. The highest BCUT2D eigenvalue weighted by Gasteiger charge is 2.44. The number of amides is 1. The van der Waals surface area contributed by atoms with E-state index >= 15 is 0 Å². The van der Waals surface area contributed by atoms with Crippen LogP contribution >= 0.6 is 0 Å². The molecule has 4 aliphatic rings. The van der Waals surface area contributed by atoms with Crippen molar-refractivity contribution in [2.75, 3.05) is 39.4 Å². The van der Waals surface area contributed by atoms with Crippen LogP contribution in [0.25, 0.3) is 11.3 Å². The van der Waals surface area contributed by atoms with Crippen molar-refractivity contribution in [1.29, 1.82) is 0 Å². The molecule has 4 atom stereocenters. The number of ether oxygens (including phenoxy) is 1. The van der Waals surface area contributed by atoms with Gasteiger partial charge in [-0.3, -0.25) is 14.4 Å². The molecule has 2 aromatic rings.